The van der Waals surface area contributed by atoms with E-state index < -0.39 is 16.8 Å². The molecule has 0 amide bonds. The molecule has 1 fully saturated rings. The maximum atomic E-state index is 12.1. The summed E-state index contributed by atoms with van der Waals surface area (Å²) in [6, 6.07) is 9.60. The average Bonchev–Trinajstić information content (AvgIpc) is 2.70. The molecule has 3 unspecified atom stereocenters. The van der Waals surface area contributed by atoms with Crippen molar-refractivity contribution >= 4 is 5.97 Å². The van der Waals surface area contributed by atoms with Crippen LogP contribution in [0.2, 0.25) is 0 Å². The summed E-state index contributed by atoms with van der Waals surface area (Å²) < 4.78 is 0. The Bertz CT molecular complexity index is 605. The molecule has 2 aliphatic carbocycles. The molecule has 3 rings (SSSR count). The molecule has 19 heavy (non-hydrogen) atoms. The second kappa shape index (κ2) is 3.42. The molecule has 2 bridgehead atoms. The van der Waals surface area contributed by atoms with E-state index >= 15 is 0 Å². The molecule has 98 valence electrons. The lowest BCUT2D eigenvalue weighted by Gasteiger charge is -2.43. The Kier molecular flexibility index (Phi) is 2.21. The van der Waals surface area contributed by atoms with Crippen LogP contribution in [0.25, 0.3) is 0 Å². The van der Waals surface area contributed by atoms with Gasteiger partial charge in [0.05, 0.1) is 5.41 Å². The molecule has 0 aliphatic heterocycles. The average molecular weight is 254 g/mol. The fourth-order valence-electron chi connectivity index (χ4n) is 3.95. The van der Waals surface area contributed by atoms with Crippen LogP contribution in [0.4, 0.5) is 0 Å². The zero-order valence-corrected chi connectivity index (χ0v) is 11.5. The van der Waals surface area contributed by atoms with E-state index in [2.05, 4.69) is 25.7 Å². The minimum Gasteiger partial charge on any atom is -0.481 e. The maximum absolute atomic E-state index is 12.1. The summed E-state index contributed by atoms with van der Waals surface area (Å²) in [5.74, 6) is 5.93. The van der Waals surface area contributed by atoms with Gasteiger partial charge in [0.15, 0.2) is 0 Å². The summed E-state index contributed by atoms with van der Waals surface area (Å²) in [5.41, 5.74) is -0.637. The topological polar surface area (TPSA) is 37.3 Å². The monoisotopic (exact) mass is 254 g/mol. The lowest BCUT2D eigenvalue weighted by molar-refractivity contribution is -0.148. The molecule has 1 aromatic carbocycles. The van der Waals surface area contributed by atoms with E-state index in [0.717, 1.165) is 5.56 Å². The number of carboxylic acids is 1. The molecular formula is C17H18O2. The molecule has 0 spiro atoms. The number of carbonyl (C=O) groups is 1. The highest BCUT2D eigenvalue weighted by molar-refractivity contribution is 5.85. The van der Waals surface area contributed by atoms with Crippen molar-refractivity contribution in [2.75, 3.05) is 0 Å². The Labute approximate surface area is 113 Å². The number of rotatable bonds is 2. The Morgan fingerprint density at radius 1 is 1.26 bits per heavy atom. The molecule has 2 heteroatoms. The number of benzene rings is 1. The van der Waals surface area contributed by atoms with Crippen LogP contribution >= 0.6 is 0 Å². The van der Waals surface area contributed by atoms with Crippen LogP contribution in [-0.2, 0) is 10.2 Å². The van der Waals surface area contributed by atoms with Crippen LogP contribution in [-0.4, -0.2) is 11.1 Å². The first-order chi connectivity index (χ1) is 8.86. The number of aliphatic carboxylic acids is 1. The van der Waals surface area contributed by atoms with E-state index in [-0.39, 0.29) is 11.3 Å². The third kappa shape index (κ3) is 1.16. The highest BCUT2D eigenvalue weighted by Crippen LogP contribution is 2.68. The Hall–Kier alpha value is -1.75. The van der Waals surface area contributed by atoms with Crippen LogP contribution in [0.15, 0.2) is 30.3 Å². The standard InChI is InChI=1S/C17H18O2/c1-15(2)13-9-10-16(15,3)17(11-13,14(18)19)12-7-5-4-6-8-12/h4-8,13H,11H2,1-3H3,(H,18,19). The normalized spacial score (nSPS) is 37.7. The molecule has 2 nitrogen and oxygen atoms in total. The predicted octanol–water partition coefficient (Wildman–Crippen LogP) is 3.08. The summed E-state index contributed by atoms with van der Waals surface area (Å²) in [5, 5.41) is 9.97. The Morgan fingerprint density at radius 2 is 1.89 bits per heavy atom. The van der Waals surface area contributed by atoms with Crippen LogP contribution in [0.1, 0.15) is 32.8 Å². The molecule has 1 saturated carbocycles. The molecule has 0 radical (unpaired) electrons. The highest BCUT2D eigenvalue weighted by Gasteiger charge is 2.71. The van der Waals surface area contributed by atoms with Gasteiger partial charge in [-0.25, -0.2) is 0 Å². The maximum Gasteiger partial charge on any atom is 0.315 e. The van der Waals surface area contributed by atoms with Crippen molar-refractivity contribution in [1.82, 2.24) is 0 Å². The first-order valence-corrected chi connectivity index (χ1v) is 6.68. The van der Waals surface area contributed by atoms with Gasteiger partial charge >= 0.3 is 5.97 Å². The fourth-order valence-corrected chi connectivity index (χ4v) is 3.95. The van der Waals surface area contributed by atoms with Gasteiger partial charge < -0.3 is 5.11 Å². The first-order valence-electron chi connectivity index (χ1n) is 6.68. The van der Waals surface area contributed by atoms with Crippen molar-refractivity contribution in [3.8, 4) is 11.8 Å². The molecule has 0 saturated heterocycles. The molecule has 1 aromatic rings. The van der Waals surface area contributed by atoms with Gasteiger partial charge in [-0.2, -0.15) is 0 Å². The van der Waals surface area contributed by atoms with E-state index in [1.54, 1.807) is 0 Å². The zero-order chi connectivity index (χ0) is 13.9. The second-order valence-electron chi connectivity index (χ2n) is 6.45. The minimum absolute atomic E-state index is 0.124. The van der Waals surface area contributed by atoms with Crippen LogP contribution in [0.3, 0.4) is 0 Å². The lowest BCUT2D eigenvalue weighted by Crippen LogP contribution is -2.50. The first kappa shape index (κ1) is 12.3. The van der Waals surface area contributed by atoms with Crippen molar-refractivity contribution in [1.29, 1.82) is 0 Å². The van der Waals surface area contributed by atoms with Crippen molar-refractivity contribution in [2.24, 2.45) is 16.7 Å². The van der Waals surface area contributed by atoms with Gasteiger partial charge in [-0.15, -0.1) is 0 Å². The molecule has 1 N–H and O–H groups in total. The van der Waals surface area contributed by atoms with Crippen LogP contribution in [0.5, 0.6) is 0 Å². The van der Waals surface area contributed by atoms with E-state index in [1.807, 2.05) is 37.3 Å². The molecule has 0 aromatic heterocycles. The summed E-state index contributed by atoms with van der Waals surface area (Å²) in [6.45, 7) is 6.30. The van der Waals surface area contributed by atoms with Crippen molar-refractivity contribution in [3.63, 3.8) is 0 Å². The number of hydrogen-bond acceptors (Lipinski definition) is 1. The number of carboxylic acid groups (broad SMARTS) is 1. The summed E-state index contributed by atoms with van der Waals surface area (Å²) in [7, 11) is 0. The third-order valence-electron chi connectivity index (χ3n) is 5.65. The van der Waals surface area contributed by atoms with E-state index in [9.17, 15) is 9.90 Å². The predicted molar refractivity (Wildman–Crippen MR) is 73.5 cm³/mol. The largest absolute Gasteiger partial charge is 0.481 e. The van der Waals surface area contributed by atoms with Crippen LogP contribution in [0, 0.1) is 28.6 Å². The van der Waals surface area contributed by atoms with Gasteiger partial charge in [-0.3, -0.25) is 4.79 Å². The highest BCUT2D eigenvalue weighted by atomic mass is 16.4. The van der Waals surface area contributed by atoms with E-state index in [1.165, 1.54) is 0 Å². The van der Waals surface area contributed by atoms with Crippen molar-refractivity contribution in [3.05, 3.63) is 35.9 Å². The quantitative estimate of drug-likeness (QED) is 0.823. The molecular weight excluding hydrogens is 236 g/mol. The number of fused-ring (bicyclic) bond motifs is 2. The van der Waals surface area contributed by atoms with Gasteiger partial charge in [0.2, 0.25) is 0 Å². The summed E-state index contributed by atoms with van der Waals surface area (Å²) in [6.07, 6.45) is 0.614. The van der Waals surface area contributed by atoms with Crippen molar-refractivity contribution in [2.45, 2.75) is 32.6 Å². The molecule has 2 aliphatic rings. The smallest absolute Gasteiger partial charge is 0.315 e. The van der Waals surface area contributed by atoms with E-state index in [0.29, 0.717) is 6.42 Å². The Morgan fingerprint density at radius 3 is 2.32 bits per heavy atom. The SMILES string of the molecule is CC1(C)C2C#CC1(C)C(C(=O)O)(c1ccccc1)C2. The van der Waals surface area contributed by atoms with Gasteiger partial charge in [-0.1, -0.05) is 56.0 Å². The second-order valence-corrected chi connectivity index (χ2v) is 6.45. The summed E-state index contributed by atoms with van der Waals surface area (Å²) in [4.78, 5) is 12.1. The zero-order valence-electron chi connectivity index (χ0n) is 11.5. The Balaban J connectivity index is 2.28. The molecule has 3 atom stereocenters. The number of hydrogen-bond donors (Lipinski definition) is 1. The van der Waals surface area contributed by atoms with Gasteiger partial charge in [0, 0.05) is 5.92 Å². The fraction of sp³-hybridized carbons (Fsp3) is 0.471. The van der Waals surface area contributed by atoms with E-state index in [4.69, 9.17) is 0 Å². The van der Waals surface area contributed by atoms with Gasteiger partial charge in [0.25, 0.3) is 0 Å². The van der Waals surface area contributed by atoms with Crippen LogP contribution < -0.4 is 0 Å². The van der Waals surface area contributed by atoms with Gasteiger partial charge in [-0.05, 0) is 24.3 Å². The van der Waals surface area contributed by atoms with Crippen molar-refractivity contribution < 1.29 is 9.90 Å². The minimum atomic E-state index is -0.881. The van der Waals surface area contributed by atoms with Gasteiger partial charge in [0.1, 0.15) is 5.41 Å². The molecule has 0 heterocycles. The lowest BCUT2D eigenvalue weighted by atomic mass is 9.57. The summed E-state index contributed by atoms with van der Waals surface area (Å²) >= 11 is 0. The third-order valence-corrected chi connectivity index (χ3v) is 5.65.